The van der Waals surface area contributed by atoms with E-state index in [0.29, 0.717) is 39.2 Å². The fourth-order valence-electron chi connectivity index (χ4n) is 4.48. The number of fused-ring (bicyclic) bond motifs is 1. The first-order valence-corrected chi connectivity index (χ1v) is 11.1. The second-order valence-corrected chi connectivity index (χ2v) is 9.78. The summed E-state index contributed by atoms with van der Waals surface area (Å²) in [4.78, 5) is 39.8. The molecular formula is C23H22F7N3O3. The molecule has 196 valence electrons. The Morgan fingerprint density at radius 2 is 1.67 bits per heavy atom. The molecule has 1 aliphatic carbocycles. The Labute approximate surface area is 199 Å². The number of anilines is 1. The molecule has 36 heavy (non-hydrogen) atoms. The Morgan fingerprint density at radius 3 is 2.17 bits per heavy atom. The zero-order chi connectivity index (χ0) is 27.0. The Balaban J connectivity index is 1.90. The van der Waals surface area contributed by atoms with Crippen molar-refractivity contribution in [1.82, 2.24) is 4.57 Å². The first kappa shape index (κ1) is 26.1. The highest BCUT2D eigenvalue weighted by molar-refractivity contribution is 6.16. The van der Waals surface area contributed by atoms with Gasteiger partial charge in [0, 0.05) is 31.4 Å². The average Bonchev–Trinajstić information content (AvgIpc) is 3.53. The fraction of sp³-hybridized carbons (Fsp3) is 0.522. The lowest BCUT2D eigenvalue weighted by molar-refractivity contribution is -0.271. The van der Waals surface area contributed by atoms with Crippen LogP contribution < -0.4 is 16.1 Å². The third kappa shape index (κ3) is 3.97. The number of hydrogen-bond donors (Lipinski definition) is 1. The smallest absolute Gasteiger partial charge is 0.365 e. The number of rotatable bonds is 6. The second kappa shape index (κ2) is 8.29. The molecule has 2 N–H and O–H groups in total. The molecule has 4 rings (SSSR count). The maximum absolute atomic E-state index is 15.7. The summed E-state index contributed by atoms with van der Waals surface area (Å²) in [6, 6.07) is -0.0437. The topological polar surface area (TPSA) is 85.4 Å². The summed E-state index contributed by atoms with van der Waals surface area (Å²) < 4.78 is 97.8. The van der Waals surface area contributed by atoms with E-state index in [0.717, 1.165) is 6.20 Å². The van der Waals surface area contributed by atoms with E-state index < -0.39 is 68.8 Å². The van der Waals surface area contributed by atoms with Crippen LogP contribution in [0.4, 0.5) is 36.4 Å². The number of pyridine rings is 1. The van der Waals surface area contributed by atoms with Crippen molar-refractivity contribution in [2.24, 2.45) is 11.1 Å². The van der Waals surface area contributed by atoms with Gasteiger partial charge in [-0.3, -0.25) is 14.4 Å². The van der Waals surface area contributed by atoms with Crippen molar-refractivity contribution in [3.63, 3.8) is 0 Å². The number of alkyl halides is 5. The van der Waals surface area contributed by atoms with E-state index in [1.165, 1.54) is 9.47 Å². The van der Waals surface area contributed by atoms with Crippen LogP contribution in [0.1, 0.15) is 49.5 Å². The number of halogens is 7. The van der Waals surface area contributed by atoms with Crippen molar-refractivity contribution >= 4 is 28.2 Å². The Hall–Kier alpha value is -2.96. The standard InChI is InChI=1S/C23H22F7N3O3/c1-21(2,20(36)22(26,27)23(28,29)30)19(35)13-9-33(11-3-4-11)16-12(18(13)34)7-14(24)17(15(16)25)32-6-5-10(31)8-32/h7,9-11H,3-6,8,31H2,1-2H3. The molecule has 13 heteroatoms. The molecule has 1 saturated heterocycles. The van der Waals surface area contributed by atoms with Gasteiger partial charge in [-0.25, -0.2) is 8.78 Å². The zero-order valence-corrected chi connectivity index (χ0v) is 19.2. The summed E-state index contributed by atoms with van der Waals surface area (Å²) in [6.07, 6.45) is -3.96. The van der Waals surface area contributed by atoms with Gasteiger partial charge in [0.25, 0.3) is 0 Å². The first-order chi connectivity index (χ1) is 16.5. The summed E-state index contributed by atoms with van der Waals surface area (Å²) >= 11 is 0. The maximum Gasteiger partial charge on any atom is 0.461 e. The monoisotopic (exact) mass is 521 g/mol. The van der Waals surface area contributed by atoms with Gasteiger partial charge in [0.05, 0.1) is 21.9 Å². The molecule has 2 aromatic rings. The molecule has 1 aromatic heterocycles. The molecule has 6 nitrogen and oxygen atoms in total. The average molecular weight is 521 g/mol. The van der Waals surface area contributed by atoms with Gasteiger partial charge in [-0.15, -0.1) is 0 Å². The number of Topliss-reactive ketones (excluding diaryl/α,β-unsaturated/α-hetero) is 2. The predicted octanol–water partition coefficient (Wildman–Crippen LogP) is 4.13. The van der Waals surface area contributed by atoms with Crippen molar-refractivity contribution in [3.8, 4) is 0 Å². The quantitative estimate of drug-likeness (QED) is 0.351. The molecule has 1 saturated carbocycles. The van der Waals surface area contributed by atoms with Gasteiger partial charge in [-0.05, 0) is 39.2 Å². The van der Waals surface area contributed by atoms with Gasteiger partial charge >= 0.3 is 12.1 Å². The first-order valence-electron chi connectivity index (χ1n) is 11.1. The molecular weight excluding hydrogens is 499 g/mol. The number of ketones is 2. The van der Waals surface area contributed by atoms with Gasteiger partial charge in [-0.1, -0.05) is 0 Å². The third-order valence-electron chi connectivity index (χ3n) is 6.69. The van der Waals surface area contributed by atoms with Crippen LogP contribution in [0.2, 0.25) is 0 Å². The molecule has 2 heterocycles. The lowest BCUT2D eigenvalue weighted by atomic mass is 9.78. The summed E-state index contributed by atoms with van der Waals surface area (Å²) in [5.41, 5.74) is -0.0924. The maximum atomic E-state index is 15.7. The molecule has 1 aromatic carbocycles. The minimum absolute atomic E-state index is 0.160. The summed E-state index contributed by atoms with van der Waals surface area (Å²) in [6.45, 7) is 1.51. The van der Waals surface area contributed by atoms with Crippen molar-refractivity contribution < 1.29 is 40.3 Å². The number of carbonyl (C=O) groups is 2. The minimum atomic E-state index is -6.26. The van der Waals surface area contributed by atoms with E-state index in [9.17, 15) is 36.3 Å². The lowest BCUT2D eigenvalue weighted by Gasteiger charge is -2.28. The molecule has 1 aliphatic heterocycles. The number of aromatic nitrogens is 1. The van der Waals surface area contributed by atoms with Crippen molar-refractivity contribution in [2.45, 2.75) is 57.3 Å². The normalized spacial score (nSPS) is 19.3. The molecule has 1 unspecified atom stereocenters. The molecule has 0 amide bonds. The van der Waals surface area contributed by atoms with E-state index in [-0.39, 0.29) is 24.6 Å². The van der Waals surface area contributed by atoms with Crippen molar-refractivity contribution in [1.29, 1.82) is 0 Å². The Bertz CT molecular complexity index is 1330. The molecule has 2 fully saturated rings. The van der Waals surface area contributed by atoms with Crippen LogP contribution in [0.15, 0.2) is 17.1 Å². The molecule has 0 radical (unpaired) electrons. The lowest BCUT2D eigenvalue weighted by Crippen LogP contribution is -2.53. The van der Waals surface area contributed by atoms with Gasteiger partial charge in [0.2, 0.25) is 5.78 Å². The minimum Gasteiger partial charge on any atom is -0.365 e. The highest BCUT2D eigenvalue weighted by atomic mass is 19.4. The van der Waals surface area contributed by atoms with Crippen molar-refractivity contribution in [3.05, 3.63) is 39.7 Å². The van der Waals surface area contributed by atoms with E-state index in [4.69, 9.17) is 5.73 Å². The molecule has 0 bridgehead atoms. The summed E-state index contributed by atoms with van der Waals surface area (Å²) in [5, 5.41) is -0.596. The SMILES string of the molecule is CC(C)(C(=O)c1cn(C2CC2)c2c(F)c(N3CCC(N)C3)c(F)cc2c1=O)C(=O)C(F)(F)C(F)(F)F. The Morgan fingerprint density at radius 1 is 1.06 bits per heavy atom. The van der Waals surface area contributed by atoms with Crippen LogP contribution >= 0.6 is 0 Å². The fourth-order valence-corrected chi connectivity index (χ4v) is 4.48. The highest BCUT2D eigenvalue weighted by Crippen LogP contribution is 2.43. The largest absolute Gasteiger partial charge is 0.461 e. The summed E-state index contributed by atoms with van der Waals surface area (Å²) in [7, 11) is 0. The third-order valence-corrected chi connectivity index (χ3v) is 6.69. The van der Waals surface area contributed by atoms with Gasteiger partial charge in [0.15, 0.2) is 17.0 Å². The van der Waals surface area contributed by atoms with Crippen LogP contribution in [0, 0.1) is 17.0 Å². The van der Waals surface area contributed by atoms with E-state index in [1.807, 2.05) is 0 Å². The van der Waals surface area contributed by atoms with Gasteiger partial charge in [0.1, 0.15) is 11.5 Å². The van der Waals surface area contributed by atoms with Crippen LogP contribution in [-0.4, -0.2) is 47.4 Å². The van der Waals surface area contributed by atoms with Crippen LogP contribution in [0.5, 0.6) is 0 Å². The van der Waals surface area contributed by atoms with Gasteiger partial charge in [-0.2, -0.15) is 22.0 Å². The van der Waals surface area contributed by atoms with E-state index in [2.05, 4.69) is 0 Å². The molecule has 0 spiro atoms. The number of hydrogen-bond acceptors (Lipinski definition) is 5. The van der Waals surface area contributed by atoms with Crippen LogP contribution in [0.25, 0.3) is 10.9 Å². The Kier molecular flexibility index (Phi) is 6.01. The number of nitrogens with two attached hydrogens (primary N) is 1. The van der Waals surface area contributed by atoms with Crippen LogP contribution in [-0.2, 0) is 4.79 Å². The second-order valence-electron chi connectivity index (χ2n) is 9.78. The molecule has 1 atom stereocenters. The van der Waals surface area contributed by atoms with E-state index >= 15 is 8.78 Å². The van der Waals surface area contributed by atoms with Crippen molar-refractivity contribution in [2.75, 3.05) is 18.0 Å². The number of nitrogens with zero attached hydrogens (tertiary/aromatic N) is 2. The zero-order valence-electron chi connectivity index (χ0n) is 19.2. The van der Waals surface area contributed by atoms with E-state index in [1.54, 1.807) is 0 Å². The predicted molar refractivity (Wildman–Crippen MR) is 115 cm³/mol. The number of benzene rings is 1. The highest BCUT2D eigenvalue weighted by Gasteiger charge is 2.67. The number of carbonyl (C=O) groups excluding carboxylic acids is 2. The van der Waals surface area contributed by atoms with Gasteiger partial charge < -0.3 is 15.2 Å². The van der Waals surface area contributed by atoms with Crippen LogP contribution in [0.3, 0.4) is 0 Å². The molecule has 2 aliphatic rings. The summed E-state index contributed by atoms with van der Waals surface area (Å²) in [5.74, 6) is -12.4.